The first kappa shape index (κ1) is 18.6. The molecule has 1 N–H and O–H groups in total. The van der Waals surface area contributed by atoms with Crippen molar-refractivity contribution in [2.45, 2.75) is 0 Å². The Morgan fingerprint density at radius 2 is 1.64 bits per heavy atom. The number of methoxy groups -OCH3 is 1. The Labute approximate surface area is 155 Å². The Morgan fingerprint density at radius 3 is 2.20 bits per heavy atom. The van der Waals surface area contributed by atoms with Gasteiger partial charge in [0.05, 0.1) is 18.3 Å². The molecule has 0 aliphatic rings. The van der Waals surface area contributed by atoms with Crippen LogP contribution in [0, 0.1) is 0 Å². The predicted molar refractivity (Wildman–Crippen MR) is 93.8 cm³/mol. The quantitative estimate of drug-likeness (QED) is 0.419. The second-order valence-electron chi connectivity index (χ2n) is 5.13. The second kappa shape index (κ2) is 8.38. The number of fused-ring (bicyclic) bond motifs is 1. The van der Waals surface area contributed by atoms with E-state index in [1.165, 1.54) is 19.2 Å². The van der Waals surface area contributed by atoms with Crippen molar-refractivity contribution in [1.82, 2.24) is 0 Å². The summed E-state index contributed by atoms with van der Waals surface area (Å²) >= 11 is 0. The maximum Gasteiger partial charge on any atom is 0.157 e. The first-order valence-corrected chi connectivity index (χ1v) is 7.42. The first-order chi connectivity index (χ1) is 11.7. The number of phenols is 1. The number of benzene rings is 1. The van der Waals surface area contributed by atoms with Gasteiger partial charge in [0.1, 0.15) is 17.1 Å². The van der Waals surface area contributed by atoms with Crippen molar-refractivity contribution in [3.05, 3.63) is 83.0 Å². The number of ether oxygens (including phenoxy) is 1. The summed E-state index contributed by atoms with van der Waals surface area (Å²) in [6.07, 6.45) is 0. The van der Waals surface area contributed by atoms with Crippen LogP contribution in [0.5, 0.6) is 11.5 Å². The van der Waals surface area contributed by atoms with E-state index in [1.54, 1.807) is 6.07 Å². The van der Waals surface area contributed by atoms with E-state index >= 15 is 0 Å². The average Bonchev–Trinajstić information content (AvgIpc) is 3.29. The minimum absolute atomic E-state index is 0. The monoisotopic (exact) mass is 376 g/mol. The van der Waals surface area contributed by atoms with Crippen LogP contribution in [0.1, 0.15) is 0 Å². The fourth-order valence-electron chi connectivity index (χ4n) is 2.36. The van der Waals surface area contributed by atoms with Gasteiger partial charge in [-0.3, -0.25) is 4.79 Å². The molecule has 3 aromatic carbocycles. The molecule has 4 rings (SSSR count). The van der Waals surface area contributed by atoms with E-state index in [4.69, 9.17) is 9.15 Å². The fraction of sp³-hybridized carbons (Fsp3) is 0.0500. The molecule has 0 atom stereocenters. The van der Waals surface area contributed by atoms with E-state index < -0.39 is 0 Å². The summed E-state index contributed by atoms with van der Waals surface area (Å²) in [6, 6.07) is 21.8. The largest absolute Gasteiger partial charge is 0.748 e. The fourth-order valence-corrected chi connectivity index (χ4v) is 2.36. The zero-order valence-corrected chi connectivity index (χ0v) is 14.6. The average molecular weight is 376 g/mol. The molecule has 0 aliphatic heterocycles. The maximum absolute atomic E-state index is 12.1. The van der Waals surface area contributed by atoms with Crippen LogP contribution >= 0.6 is 0 Å². The van der Waals surface area contributed by atoms with Crippen molar-refractivity contribution in [2.24, 2.45) is 0 Å². The molecule has 0 radical (unpaired) electrons. The van der Waals surface area contributed by atoms with Gasteiger partial charge in [-0.25, -0.2) is 0 Å². The van der Waals surface area contributed by atoms with Crippen molar-refractivity contribution in [3.8, 4) is 22.8 Å². The molecule has 134 valence electrons. The summed E-state index contributed by atoms with van der Waals surface area (Å²) in [5, 5.41) is 10.0. The maximum atomic E-state index is 12.1. The Hall–Kier alpha value is -2.75. The minimum Gasteiger partial charge on any atom is -0.748 e. The van der Waals surface area contributed by atoms with Gasteiger partial charge in [-0.15, -0.1) is 12.1 Å². The van der Waals surface area contributed by atoms with Crippen LogP contribution in [-0.4, -0.2) is 12.2 Å². The third kappa shape index (κ3) is 4.21. The third-order valence-electron chi connectivity index (χ3n) is 3.52. The van der Waals surface area contributed by atoms with Gasteiger partial charge in [-0.05, 0) is 6.07 Å². The molecule has 0 aliphatic carbocycles. The van der Waals surface area contributed by atoms with Gasteiger partial charge in [0.25, 0.3) is 0 Å². The van der Waals surface area contributed by atoms with E-state index in [0.29, 0.717) is 17.1 Å². The van der Waals surface area contributed by atoms with Gasteiger partial charge in [0.15, 0.2) is 5.43 Å². The van der Waals surface area contributed by atoms with Crippen LogP contribution in [0.2, 0.25) is 0 Å². The zero-order chi connectivity index (χ0) is 16.9. The van der Waals surface area contributed by atoms with Gasteiger partial charge in [-0.1, -0.05) is 5.56 Å². The molecule has 5 heteroatoms. The van der Waals surface area contributed by atoms with Crippen LogP contribution in [0.3, 0.4) is 0 Å². The number of phenolic OH excluding ortho intramolecular Hbond substituents is 1. The summed E-state index contributed by atoms with van der Waals surface area (Å²) in [7, 11) is 1.49. The number of aromatic hydroxyl groups is 1. The van der Waals surface area contributed by atoms with Gasteiger partial charge < -0.3 is 44.6 Å². The van der Waals surface area contributed by atoms with Gasteiger partial charge in [-0.2, -0.15) is 12.1 Å². The molecule has 0 unspecified atom stereocenters. The molecule has 0 spiro atoms. The van der Waals surface area contributed by atoms with Gasteiger partial charge >= 0.3 is 0 Å². The smallest absolute Gasteiger partial charge is 0.157 e. The molecule has 0 fully saturated rings. The number of hydrogen-bond acceptors (Lipinski definition) is 4. The van der Waals surface area contributed by atoms with Crippen molar-refractivity contribution in [2.75, 3.05) is 7.11 Å². The van der Waals surface area contributed by atoms with Crippen molar-refractivity contribution >= 4 is 11.0 Å². The van der Waals surface area contributed by atoms with Crippen LogP contribution < -0.4 is 10.2 Å². The van der Waals surface area contributed by atoms with Gasteiger partial charge in [0.2, 0.25) is 0 Å². The summed E-state index contributed by atoms with van der Waals surface area (Å²) in [5.74, 6) is 0.764. The molecule has 1 heterocycles. The molecule has 0 bridgehead atoms. The third-order valence-corrected chi connectivity index (χ3v) is 3.52. The summed E-state index contributed by atoms with van der Waals surface area (Å²) < 4.78 is 10.7. The van der Waals surface area contributed by atoms with E-state index in [9.17, 15) is 9.90 Å². The first-order valence-electron chi connectivity index (χ1n) is 7.42. The van der Waals surface area contributed by atoms with Crippen LogP contribution in [0.15, 0.2) is 82.0 Å². The van der Waals surface area contributed by atoms with Crippen LogP contribution in [0.25, 0.3) is 22.3 Å². The molecular formula is C20H16FeO4-6. The van der Waals surface area contributed by atoms with Gasteiger partial charge in [0, 0.05) is 29.2 Å². The number of rotatable bonds is 2. The molecule has 1 aromatic heterocycles. The van der Waals surface area contributed by atoms with E-state index in [1.807, 2.05) is 54.6 Å². The SMILES string of the molecule is COc1cc(O)c2c(=O)cc(-[c-]3cccc3)oc2c1.[Fe].[cH-]1[cH-][cH-][cH-][cH-]1. The van der Waals surface area contributed by atoms with Crippen molar-refractivity contribution < 1.29 is 31.3 Å². The molecule has 0 saturated heterocycles. The summed E-state index contributed by atoms with van der Waals surface area (Å²) in [5.41, 5.74) is 0.847. The van der Waals surface area contributed by atoms with E-state index in [0.717, 1.165) is 5.56 Å². The van der Waals surface area contributed by atoms with E-state index in [-0.39, 0.29) is 33.6 Å². The predicted octanol–water partition coefficient (Wildman–Crippen LogP) is 4.30. The van der Waals surface area contributed by atoms with Crippen molar-refractivity contribution in [1.29, 1.82) is 0 Å². The normalized spacial score (nSPS) is 9.80. The zero-order valence-electron chi connectivity index (χ0n) is 13.5. The van der Waals surface area contributed by atoms with Crippen LogP contribution in [0.4, 0.5) is 0 Å². The molecule has 0 amide bonds. The molecule has 0 saturated carbocycles. The van der Waals surface area contributed by atoms with Crippen LogP contribution in [-0.2, 0) is 17.1 Å². The van der Waals surface area contributed by atoms with E-state index in [2.05, 4.69) is 0 Å². The Bertz CT molecular complexity index is 950. The topological polar surface area (TPSA) is 59.7 Å². The molecular weight excluding hydrogens is 360 g/mol. The summed E-state index contributed by atoms with van der Waals surface area (Å²) in [4.78, 5) is 12.1. The number of hydrogen-bond donors (Lipinski definition) is 1. The molecule has 4 nitrogen and oxygen atoms in total. The summed E-state index contributed by atoms with van der Waals surface area (Å²) in [6.45, 7) is 0. The molecule has 4 aromatic rings. The Balaban J connectivity index is 0.000000325. The minimum atomic E-state index is -0.280. The standard InChI is InChI=1S/C15H11O4.C5H5.Fe/c1-18-10-6-11(16)15-12(17)8-13(19-14(15)7-10)9-4-2-3-5-9;1-2-4-5-3-1;/h2-8,16H,1H3;1-5H;/q-1;-5;. The molecule has 25 heavy (non-hydrogen) atoms. The Kier molecular flexibility index (Phi) is 6.23. The Morgan fingerprint density at radius 1 is 1.04 bits per heavy atom. The van der Waals surface area contributed by atoms with Crippen molar-refractivity contribution in [3.63, 3.8) is 0 Å². The second-order valence-corrected chi connectivity index (χ2v) is 5.13.